The number of esters is 2. The van der Waals surface area contributed by atoms with Crippen molar-refractivity contribution in [3.8, 4) is 34.0 Å². The van der Waals surface area contributed by atoms with Crippen LogP contribution in [0.15, 0.2) is 111 Å². The molecule has 1 aliphatic rings. The molecule has 296 valence electrons. The smallest absolute Gasteiger partial charge is 0.330 e. The van der Waals surface area contributed by atoms with Crippen LogP contribution in [-0.2, 0) is 51.2 Å². The molecule has 1 aliphatic heterocycles. The van der Waals surface area contributed by atoms with E-state index in [-0.39, 0.29) is 0 Å². The van der Waals surface area contributed by atoms with Gasteiger partial charge in [-0.05, 0) is 73.9 Å². The molecule has 2 atom stereocenters. The first-order valence-corrected chi connectivity index (χ1v) is 18.9. The molecule has 3 heterocycles. The van der Waals surface area contributed by atoms with Crippen LogP contribution < -0.4 is 9.47 Å². The van der Waals surface area contributed by atoms with Crippen molar-refractivity contribution in [2.75, 3.05) is 39.6 Å². The zero-order valence-corrected chi connectivity index (χ0v) is 31.7. The minimum atomic E-state index is -0.668. The second-order valence-corrected chi connectivity index (χ2v) is 12.8. The van der Waals surface area contributed by atoms with E-state index in [1.807, 2.05) is 72.8 Å². The van der Waals surface area contributed by atoms with E-state index >= 15 is 0 Å². The van der Waals surface area contributed by atoms with E-state index in [2.05, 4.69) is 23.1 Å². The summed E-state index contributed by atoms with van der Waals surface area (Å²) in [4.78, 5) is 31.3. The summed E-state index contributed by atoms with van der Waals surface area (Å²) in [7, 11) is 0. The molecule has 2 aromatic carbocycles. The zero-order chi connectivity index (χ0) is 39.2. The Morgan fingerprint density at radius 2 is 0.982 bits per heavy atom. The van der Waals surface area contributed by atoms with Gasteiger partial charge in [0.1, 0.15) is 11.5 Å². The van der Waals surface area contributed by atoms with Gasteiger partial charge in [0.25, 0.3) is 0 Å². The Bertz CT molecular complexity index is 1650. The van der Waals surface area contributed by atoms with Gasteiger partial charge in [0.05, 0.1) is 76.6 Å². The number of carbonyl (C=O) groups is 2. The third-order valence-electron chi connectivity index (χ3n) is 8.61. The molecule has 0 N–H and O–H groups in total. The molecule has 0 radical (unpaired) electrons. The van der Waals surface area contributed by atoms with Crippen LogP contribution in [0.2, 0.25) is 0 Å². The second-order valence-electron chi connectivity index (χ2n) is 12.8. The van der Waals surface area contributed by atoms with Gasteiger partial charge in [-0.15, -0.1) is 0 Å². The normalized spacial score (nSPS) is 15.1. The lowest BCUT2D eigenvalue weighted by molar-refractivity contribution is -0.326. The third-order valence-corrected chi connectivity index (χ3v) is 8.61. The molecule has 56 heavy (non-hydrogen) atoms. The molecule has 0 amide bonds. The van der Waals surface area contributed by atoms with Crippen molar-refractivity contribution >= 4 is 11.9 Å². The van der Waals surface area contributed by atoms with E-state index in [1.54, 1.807) is 12.4 Å². The fourth-order valence-corrected chi connectivity index (χ4v) is 5.52. The Balaban J connectivity index is 0.992. The van der Waals surface area contributed by atoms with Crippen molar-refractivity contribution in [3.05, 3.63) is 122 Å². The first kappa shape index (κ1) is 41.8. The largest absolute Gasteiger partial charge is 0.492 e. The molecule has 0 spiro atoms. The van der Waals surface area contributed by atoms with Crippen LogP contribution in [0.3, 0.4) is 0 Å². The van der Waals surface area contributed by atoms with Gasteiger partial charge >= 0.3 is 11.9 Å². The van der Waals surface area contributed by atoms with Crippen LogP contribution in [0.4, 0.5) is 0 Å². The SMILES string of the molecule is C=CC(=O)OCCCCCOc1ccc(-c2ccc(CO[C@H]3OCCO[C@@H]3OCc3ccc(-c4ccc(OCCCCCOC(=O)C=C)cn4)cc3)cc2)nc1. The molecule has 1 saturated heterocycles. The van der Waals surface area contributed by atoms with Crippen molar-refractivity contribution in [1.82, 2.24) is 9.97 Å². The molecular formula is C44H50N2O10. The van der Waals surface area contributed by atoms with Gasteiger partial charge < -0.3 is 37.9 Å². The Kier molecular flexibility index (Phi) is 17.5. The first-order chi connectivity index (χ1) is 27.5. The van der Waals surface area contributed by atoms with Crippen LogP contribution in [0.1, 0.15) is 49.7 Å². The molecule has 2 aromatic heterocycles. The van der Waals surface area contributed by atoms with Crippen LogP contribution in [0.5, 0.6) is 11.5 Å². The van der Waals surface area contributed by atoms with E-state index in [1.165, 1.54) is 12.2 Å². The number of hydrogen-bond acceptors (Lipinski definition) is 12. The standard InChI is InChI=1S/C44H50N2O10/c1-3-41(47)51-25-9-5-7-23-49-37-19-21-39(45-29-37)35-15-11-33(12-16-35)31-55-43-44(54-28-27-53-43)56-32-34-13-17-36(18-14-34)40-22-20-38(30-46-40)50-24-8-6-10-26-52-42(48)4-2/h3-4,11-22,29-30,43-44H,1-2,5-10,23-28,31-32H2/t43-,44-/m1/s1. The second kappa shape index (κ2) is 23.5. The molecular weight excluding hydrogens is 716 g/mol. The summed E-state index contributed by atoms with van der Waals surface area (Å²) in [5, 5.41) is 0. The van der Waals surface area contributed by atoms with Gasteiger partial charge in [-0.25, -0.2) is 9.59 Å². The van der Waals surface area contributed by atoms with Crippen LogP contribution in [0.25, 0.3) is 22.5 Å². The number of carbonyl (C=O) groups excluding carboxylic acids is 2. The molecule has 0 unspecified atom stereocenters. The highest BCUT2D eigenvalue weighted by Crippen LogP contribution is 2.24. The molecule has 12 heteroatoms. The van der Waals surface area contributed by atoms with E-state index in [4.69, 9.17) is 37.9 Å². The Morgan fingerprint density at radius 3 is 1.36 bits per heavy atom. The fourth-order valence-electron chi connectivity index (χ4n) is 5.52. The van der Waals surface area contributed by atoms with E-state index < -0.39 is 24.5 Å². The van der Waals surface area contributed by atoms with Gasteiger partial charge in [0.2, 0.25) is 12.6 Å². The topological polar surface area (TPSA) is 134 Å². The first-order valence-electron chi connectivity index (χ1n) is 18.9. The molecule has 0 bridgehead atoms. The number of nitrogens with zero attached hydrogens (tertiary/aromatic N) is 2. The predicted molar refractivity (Wildman–Crippen MR) is 209 cm³/mol. The Labute approximate surface area is 328 Å². The van der Waals surface area contributed by atoms with E-state index in [0.717, 1.165) is 72.2 Å². The maximum Gasteiger partial charge on any atom is 0.330 e. The summed E-state index contributed by atoms with van der Waals surface area (Å²) in [5.74, 6) is 0.622. The van der Waals surface area contributed by atoms with Crippen molar-refractivity contribution < 1.29 is 47.5 Å². The summed E-state index contributed by atoms with van der Waals surface area (Å²) in [6.45, 7) is 10.2. The van der Waals surface area contributed by atoms with Crippen molar-refractivity contribution in [1.29, 1.82) is 0 Å². The lowest BCUT2D eigenvalue weighted by atomic mass is 10.1. The van der Waals surface area contributed by atoms with Gasteiger partial charge in [0.15, 0.2) is 0 Å². The molecule has 0 saturated carbocycles. The number of ether oxygens (including phenoxy) is 8. The van der Waals surface area contributed by atoms with Gasteiger partial charge in [-0.2, -0.15) is 0 Å². The number of rotatable bonds is 24. The van der Waals surface area contributed by atoms with E-state index in [9.17, 15) is 9.59 Å². The minimum absolute atomic E-state index is 0.325. The highest BCUT2D eigenvalue weighted by Gasteiger charge is 2.28. The van der Waals surface area contributed by atoms with Crippen molar-refractivity contribution in [2.45, 2.75) is 64.3 Å². The highest BCUT2D eigenvalue weighted by atomic mass is 16.8. The van der Waals surface area contributed by atoms with Gasteiger partial charge in [0, 0.05) is 23.3 Å². The zero-order valence-electron chi connectivity index (χ0n) is 31.7. The summed E-state index contributed by atoms with van der Waals surface area (Å²) >= 11 is 0. The van der Waals surface area contributed by atoms with Crippen LogP contribution in [-0.4, -0.2) is 74.1 Å². The molecule has 0 aliphatic carbocycles. The fraction of sp³-hybridized carbons (Fsp3) is 0.364. The molecule has 1 fully saturated rings. The van der Waals surface area contributed by atoms with Crippen LogP contribution in [0, 0.1) is 0 Å². The quantitative estimate of drug-likeness (QED) is 0.0391. The maximum atomic E-state index is 11.1. The number of pyridine rings is 2. The number of aromatic nitrogens is 2. The third kappa shape index (κ3) is 14.3. The molecule has 12 nitrogen and oxygen atoms in total. The average molecular weight is 767 g/mol. The summed E-state index contributed by atoms with van der Waals surface area (Å²) in [6, 6.07) is 23.7. The average Bonchev–Trinajstić information content (AvgIpc) is 3.25. The van der Waals surface area contributed by atoms with Crippen molar-refractivity contribution in [2.24, 2.45) is 0 Å². The lowest BCUT2D eigenvalue weighted by Gasteiger charge is -2.31. The summed E-state index contributed by atoms with van der Waals surface area (Å²) in [5.41, 5.74) is 5.59. The summed E-state index contributed by atoms with van der Waals surface area (Å²) < 4.78 is 45.5. The Hall–Kier alpha value is -5.40. The Morgan fingerprint density at radius 1 is 0.571 bits per heavy atom. The number of benzene rings is 2. The predicted octanol–water partition coefficient (Wildman–Crippen LogP) is 7.80. The van der Waals surface area contributed by atoms with Gasteiger partial charge in [-0.3, -0.25) is 9.97 Å². The molecule has 4 aromatic rings. The number of unbranched alkanes of at least 4 members (excludes halogenated alkanes) is 4. The van der Waals surface area contributed by atoms with Crippen molar-refractivity contribution in [3.63, 3.8) is 0 Å². The summed E-state index contributed by atoms with van der Waals surface area (Å²) in [6.07, 6.45) is 9.50. The molecule has 5 rings (SSSR count). The minimum Gasteiger partial charge on any atom is -0.492 e. The highest BCUT2D eigenvalue weighted by molar-refractivity contribution is 5.81. The van der Waals surface area contributed by atoms with Gasteiger partial charge in [-0.1, -0.05) is 61.7 Å². The number of hydrogen-bond donors (Lipinski definition) is 0. The van der Waals surface area contributed by atoms with Crippen LogP contribution >= 0.6 is 0 Å². The monoisotopic (exact) mass is 766 g/mol. The lowest BCUT2D eigenvalue weighted by Crippen LogP contribution is -2.41. The maximum absolute atomic E-state index is 11.1. The van der Waals surface area contributed by atoms with E-state index in [0.29, 0.717) is 64.4 Å².